The third-order valence-electron chi connectivity index (χ3n) is 4.00. The van der Waals surface area contributed by atoms with Gasteiger partial charge in [0.05, 0.1) is 5.75 Å². The van der Waals surface area contributed by atoms with Crippen LogP contribution in [0.25, 0.3) is 0 Å². The number of benzene rings is 1. The third kappa shape index (κ3) is 4.89. The molecule has 4 nitrogen and oxygen atoms in total. The Morgan fingerprint density at radius 2 is 1.95 bits per heavy atom. The normalized spacial score (nSPS) is 17.2. The van der Waals surface area contributed by atoms with E-state index in [0.29, 0.717) is 12.5 Å². The zero-order valence-corrected chi connectivity index (χ0v) is 12.9. The molecule has 20 heavy (non-hydrogen) atoms. The Morgan fingerprint density at radius 1 is 1.25 bits per heavy atom. The van der Waals surface area contributed by atoms with E-state index >= 15 is 0 Å². The predicted molar refractivity (Wildman–Crippen MR) is 82.0 cm³/mol. The van der Waals surface area contributed by atoms with E-state index in [9.17, 15) is 8.42 Å². The summed E-state index contributed by atoms with van der Waals surface area (Å²) < 4.78 is 26.8. The van der Waals surface area contributed by atoms with Crippen molar-refractivity contribution in [2.75, 3.05) is 18.8 Å². The molecule has 0 radical (unpaired) electrons. The highest BCUT2D eigenvalue weighted by molar-refractivity contribution is 7.89. The number of piperidine rings is 1. The van der Waals surface area contributed by atoms with E-state index < -0.39 is 10.0 Å². The molecule has 1 aliphatic rings. The molecular weight excluding hydrogens is 272 g/mol. The van der Waals surface area contributed by atoms with Crippen LogP contribution in [0.5, 0.6) is 0 Å². The van der Waals surface area contributed by atoms with E-state index in [4.69, 9.17) is 0 Å². The minimum Gasteiger partial charge on any atom is -0.317 e. The topological polar surface area (TPSA) is 58.2 Å². The van der Waals surface area contributed by atoms with Crippen LogP contribution < -0.4 is 10.0 Å². The van der Waals surface area contributed by atoms with Gasteiger partial charge in [-0.2, -0.15) is 0 Å². The van der Waals surface area contributed by atoms with Gasteiger partial charge in [-0.05, 0) is 56.3 Å². The van der Waals surface area contributed by atoms with Crippen molar-refractivity contribution in [1.82, 2.24) is 10.0 Å². The number of hydrogen-bond acceptors (Lipinski definition) is 3. The van der Waals surface area contributed by atoms with Gasteiger partial charge in [0, 0.05) is 6.54 Å². The molecule has 0 saturated carbocycles. The van der Waals surface area contributed by atoms with Gasteiger partial charge in [0.2, 0.25) is 10.0 Å². The minimum atomic E-state index is -3.17. The van der Waals surface area contributed by atoms with Gasteiger partial charge < -0.3 is 5.32 Å². The van der Waals surface area contributed by atoms with Crippen LogP contribution in [0, 0.1) is 12.8 Å². The highest BCUT2D eigenvalue weighted by atomic mass is 32.2. The van der Waals surface area contributed by atoms with Crippen LogP contribution in [0.15, 0.2) is 24.3 Å². The summed E-state index contributed by atoms with van der Waals surface area (Å²) in [6.07, 6.45) is 2.95. The number of nitrogens with one attached hydrogen (secondary N) is 2. The van der Waals surface area contributed by atoms with Crippen LogP contribution in [-0.2, 0) is 16.6 Å². The summed E-state index contributed by atoms with van der Waals surface area (Å²) in [5.74, 6) is 0.787. The molecule has 1 aliphatic heterocycles. The second kappa shape index (κ2) is 7.20. The van der Waals surface area contributed by atoms with Crippen LogP contribution in [0.3, 0.4) is 0 Å². The summed E-state index contributed by atoms with van der Waals surface area (Å²) >= 11 is 0. The van der Waals surface area contributed by atoms with Gasteiger partial charge in [0.15, 0.2) is 0 Å². The summed E-state index contributed by atoms with van der Waals surface area (Å²) in [6.45, 7) is 4.42. The molecule has 5 heteroatoms. The highest BCUT2D eigenvalue weighted by Crippen LogP contribution is 2.16. The van der Waals surface area contributed by atoms with Crippen LogP contribution in [0.2, 0.25) is 0 Å². The average molecular weight is 296 g/mol. The molecule has 0 aromatic heterocycles. The first-order chi connectivity index (χ1) is 9.57. The number of sulfonamides is 1. The third-order valence-corrected chi connectivity index (χ3v) is 5.35. The van der Waals surface area contributed by atoms with Crippen molar-refractivity contribution < 1.29 is 8.42 Å². The molecule has 0 spiro atoms. The van der Waals surface area contributed by atoms with Gasteiger partial charge in [-0.3, -0.25) is 0 Å². The molecule has 1 fully saturated rings. The van der Waals surface area contributed by atoms with Gasteiger partial charge in [-0.1, -0.05) is 24.3 Å². The Balaban J connectivity index is 1.80. The molecule has 0 amide bonds. The summed E-state index contributed by atoms with van der Waals surface area (Å²) in [6, 6.07) is 7.86. The van der Waals surface area contributed by atoms with Gasteiger partial charge in [-0.25, -0.2) is 13.1 Å². The maximum Gasteiger partial charge on any atom is 0.211 e. The van der Waals surface area contributed by atoms with Gasteiger partial charge in [0.1, 0.15) is 0 Å². The summed E-state index contributed by atoms with van der Waals surface area (Å²) in [5.41, 5.74) is 2.16. The van der Waals surface area contributed by atoms with Gasteiger partial charge in [-0.15, -0.1) is 0 Å². The first-order valence-electron chi connectivity index (χ1n) is 7.29. The van der Waals surface area contributed by atoms with Crippen molar-refractivity contribution in [1.29, 1.82) is 0 Å². The van der Waals surface area contributed by atoms with E-state index in [1.807, 2.05) is 31.2 Å². The van der Waals surface area contributed by atoms with E-state index in [-0.39, 0.29) is 5.75 Å². The Hall–Kier alpha value is -0.910. The van der Waals surface area contributed by atoms with Crippen molar-refractivity contribution >= 4 is 10.0 Å². The molecule has 2 N–H and O–H groups in total. The zero-order chi connectivity index (χ0) is 14.4. The maximum atomic E-state index is 12.0. The lowest BCUT2D eigenvalue weighted by Gasteiger charge is -2.22. The second-order valence-electron chi connectivity index (χ2n) is 5.55. The largest absolute Gasteiger partial charge is 0.317 e. The number of hydrogen-bond donors (Lipinski definition) is 2. The maximum absolute atomic E-state index is 12.0. The predicted octanol–water partition coefficient (Wildman–Crippen LogP) is 1.80. The molecule has 2 rings (SSSR count). The van der Waals surface area contributed by atoms with Crippen LogP contribution in [-0.4, -0.2) is 27.3 Å². The van der Waals surface area contributed by atoms with Crippen LogP contribution >= 0.6 is 0 Å². The van der Waals surface area contributed by atoms with Crippen molar-refractivity contribution in [3.8, 4) is 0 Å². The lowest BCUT2D eigenvalue weighted by atomic mass is 9.96. The van der Waals surface area contributed by atoms with Gasteiger partial charge in [0.25, 0.3) is 0 Å². The molecule has 0 bridgehead atoms. The summed E-state index contributed by atoms with van der Waals surface area (Å²) in [7, 11) is -3.17. The quantitative estimate of drug-likeness (QED) is 0.841. The molecule has 0 aliphatic carbocycles. The molecule has 1 aromatic carbocycles. The van der Waals surface area contributed by atoms with Crippen molar-refractivity contribution in [2.45, 2.75) is 32.7 Å². The molecule has 0 atom stereocenters. The fourth-order valence-electron chi connectivity index (χ4n) is 2.56. The molecule has 1 heterocycles. The monoisotopic (exact) mass is 296 g/mol. The molecular formula is C15H24N2O2S. The Kier molecular flexibility index (Phi) is 5.57. The molecule has 1 saturated heterocycles. The fourth-order valence-corrected chi connectivity index (χ4v) is 3.72. The zero-order valence-electron chi connectivity index (χ0n) is 12.1. The fraction of sp³-hybridized carbons (Fsp3) is 0.600. The Morgan fingerprint density at radius 3 is 2.65 bits per heavy atom. The standard InChI is InChI=1S/C15H24N2O2S/c1-13-4-2-3-5-15(13)12-17-20(18,19)11-8-14-6-9-16-10-7-14/h2-5,14,16-17H,6-12H2,1H3. The average Bonchev–Trinajstić information content (AvgIpc) is 2.46. The van der Waals surface area contributed by atoms with Crippen molar-refractivity contribution in [3.63, 3.8) is 0 Å². The van der Waals surface area contributed by atoms with Crippen molar-refractivity contribution in [2.24, 2.45) is 5.92 Å². The minimum absolute atomic E-state index is 0.240. The molecule has 112 valence electrons. The van der Waals surface area contributed by atoms with E-state index in [0.717, 1.165) is 43.5 Å². The van der Waals surface area contributed by atoms with Crippen LogP contribution in [0.4, 0.5) is 0 Å². The SMILES string of the molecule is Cc1ccccc1CNS(=O)(=O)CCC1CCNCC1. The molecule has 1 aromatic rings. The lowest BCUT2D eigenvalue weighted by molar-refractivity contribution is 0.365. The highest BCUT2D eigenvalue weighted by Gasteiger charge is 2.17. The second-order valence-corrected chi connectivity index (χ2v) is 7.47. The first-order valence-corrected chi connectivity index (χ1v) is 8.94. The Bertz CT molecular complexity index is 522. The smallest absolute Gasteiger partial charge is 0.211 e. The summed E-state index contributed by atoms with van der Waals surface area (Å²) in [5, 5.41) is 3.30. The van der Waals surface area contributed by atoms with Crippen LogP contribution in [0.1, 0.15) is 30.4 Å². The summed E-state index contributed by atoms with van der Waals surface area (Å²) in [4.78, 5) is 0. The lowest BCUT2D eigenvalue weighted by Crippen LogP contribution is -2.31. The number of rotatable bonds is 6. The van der Waals surface area contributed by atoms with E-state index in [2.05, 4.69) is 10.0 Å². The van der Waals surface area contributed by atoms with Crippen molar-refractivity contribution in [3.05, 3.63) is 35.4 Å². The molecule has 0 unspecified atom stereocenters. The first kappa shape index (κ1) is 15.5. The number of aryl methyl sites for hydroxylation is 1. The van der Waals surface area contributed by atoms with Gasteiger partial charge >= 0.3 is 0 Å². The van der Waals surface area contributed by atoms with E-state index in [1.165, 1.54) is 0 Å². The Labute approximate surface area is 122 Å². The van der Waals surface area contributed by atoms with E-state index in [1.54, 1.807) is 0 Å².